The highest BCUT2D eigenvalue weighted by Gasteiger charge is 2.14. The number of nitrogens with two attached hydrogens (primary N) is 1. The molecule has 0 spiro atoms. The fourth-order valence-corrected chi connectivity index (χ4v) is 2.23. The molecule has 1 aromatic rings. The molecule has 3 N–H and O–H groups in total. The molecule has 1 unspecified atom stereocenters. The largest absolute Gasteiger partial charge is 0.491 e. The van der Waals surface area contributed by atoms with Gasteiger partial charge in [0.05, 0.1) is 24.1 Å². The Kier molecular flexibility index (Phi) is 5.33. The van der Waals surface area contributed by atoms with Gasteiger partial charge in [0.25, 0.3) is 0 Å². The molecule has 1 aromatic carbocycles. The van der Waals surface area contributed by atoms with Crippen molar-refractivity contribution in [3.05, 3.63) is 18.2 Å². The molecule has 4 heteroatoms. The van der Waals surface area contributed by atoms with Gasteiger partial charge in [0, 0.05) is 13.2 Å². The highest BCUT2D eigenvalue weighted by atomic mass is 16.5. The minimum atomic E-state index is 0.299. The summed E-state index contributed by atoms with van der Waals surface area (Å²) in [5, 5.41) is 3.37. The fourth-order valence-electron chi connectivity index (χ4n) is 2.23. The van der Waals surface area contributed by atoms with Crippen LogP contribution in [-0.4, -0.2) is 25.9 Å². The molecule has 19 heavy (non-hydrogen) atoms. The van der Waals surface area contributed by atoms with Crippen molar-refractivity contribution in [3.8, 4) is 5.75 Å². The van der Waals surface area contributed by atoms with E-state index in [0.29, 0.717) is 18.4 Å². The van der Waals surface area contributed by atoms with E-state index in [1.165, 1.54) is 12.8 Å². The monoisotopic (exact) mass is 264 g/mol. The lowest BCUT2D eigenvalue weighted by molar-refractivity contribution is 0.0248. The third-order valence-corrected chi connectivity index (χ3v) is 3.32. The molecule has 1 aliphatic heterocycles. The van der Waals surface area contributed by atoms with E-state index in [1.54, 1.807) is 0 Å². The summed E-state index contributed by atoms with van der Waals surface area (Å²) in [6.07, 6.45) is 4.83. The van der Waals surface area contributed by atoms with E-state index < -0.39 is 0 Å². The Hall–Kier alpha value is -1.42. The lowest BCUT2D eigenvalue weighted by Gasteiger charge is -2.23. The molecule has 1 aliphatic rings. The van der Waals surface area contributed by atoms with Gasteiger partial charge in [-0.1, -0.05) is 13.0 Å². The Labute approximate surface area is 115 Å². The average Bonchev–Trinajstić information content (AvgIpc) is 2.46. The highest BCUT2D eigenvalue weighted by molar-refractivity contribution is 5.72. The minimum Gasteiger partial charge on any atom is -0.491 e. The van der Waals surface area contributed by atoms with Crippen LogP contribution >= 0.6 is 0 Å². The van der Waals surface area contributed by atoms with Crippen molar-refractivity contribution < 1.29 is 9.47 Å². The molecule has 4 nitrogen and oxygen atoms in total. The number of hydrogen-bond donors (Lipinski definition) is 2. The van der Waals surface area contributed by atoms with Crippen LogP contribution in [0.2, 0.25) is 0 Å². The second-order valence-electron chi connectivity index (χ2n) is 4.94. The van der Waals surface area contributed by atoms with Gasteiger partial charge in [-0.2, -0.15) is 0 Å². The molecule has 0 bridgehead atoms. The zero-order chi connectivity index (χ0) is 13.5. The summed E-state index contributed by atoms with van der Waals surface area (Å²) in [5.41, 5.74) is 7.73. The van der Waals surface area contributed by atoms with Gasteiger partial charge in [-0.15, -0.1) is 0 Å². The quantitative estimate of drug-likeness (QED) is 0.775. The Balaban J connectivity index is 1.91. The summed E-state index contributed by atoms with van der Waals surface area (Å²) in [7, 11) is 0. The van der Waals surface area contributed by atoms with Gasteiger partial charge >= 0.3 is 0 Å². The third kappa shape index (κ3) is 4.03. The van der Waals surface area contributed by atoms with E-state index in [-0.39, 0.29) is 0 Å². The smallest absolute Gasteiger partial charge is 0.144 e. The maximum atomic E-state index is 6.11. The molecule has 0 aromatic heterocycles. The van der Waals surface area contributed by atoms with Crippen molar-refractivity contribution in [1.29, 1.82) is 0 Å². The van der Waals surface area contributed by atoms with Crippen LogP contribution in [0.3, 0.4) is 0 Å². The molecule has 0 saturated carbocycles. The minimum absolute atomic E-state index is 0.299. The number of hydrogen-bond acceptors (Lipinski definition) is 4. The number of anilines is 2. The van der Waals surface area contributed by atoms with E-state index in [9.17, 15) is 0 Å². The van der Waals surface area contributed by atoms with Gasteiger partial charge in [0.1, 0.15) is 5.75 Å². The first kappa shape index (κ1) is 14.0. The van der Waals surface area contributed by atoms with Crippen LogP contribution in [0, 0.1) is 0 Å². The van der Waals surface area contributed by atoms with E-state index in [1.807, 2.05) is 18.2 Å². The predicted octanol–water partition coefficient (Wildman–Crippen LogP) is 3.04. The first-order chi connectivity index (χ1) is 9.31. The summed E-state index contributed by atoms with van der Waals surface area (Å²) in [6.45, 7) is 4.46. The van der Waals surface area contributed by atoms with Gasteiger partial charge < -0.3 is 20.5 Å². The van der Waals surface area contributed by atoms with E-state index in [4.69, 9.17) is 15.2 Å². The van der Waals surface area contributed by atoms with Crippen LogP contribution in [0.15, 0.2) is 18.2 Å². The summed E-state index contributed by atoms with van der Waals surface area (Å²) < 4.78 is 11.3. The van der Waals surface area contributed by atoms with Crippen LogP contribution in [0.5, 0.6) is 5.75 Å². The van der Waals surface area contributed by atoms with Crippen molar-refractivity contribution in [3.63, 3.8) is 0 Å². The number of ether oxygens (including phenoxy) is 2. The molecule has 106 valence electrons. The van der Waals surface area contributed by atoms with Gasteiger partial charge in [0.2, 0.25) is 0 Å². The van der Waals surface area contributed by atoms with Gasteiger partial charge in [-0.25, -0.2) is 0 Å². The Morgan fingerprint density at radius 3 is 3.05 bits per heavy atom. The van der Waals surface area contributed by atoms with Crippen LogP contribution in [0.25, 0.3) is 0 Å². The van der Waals surface area contributed by atoms with Gasteiger partial charge in [-0.05, 0) is 37.8 Å². The van der Waals surface area contributed by atoms with Crippen LogP contribution in [0.4, 0.5) is 11.4 Å². The second-order valence-corrected chi connectivity index (χ2v) is 4.94. The Morgan fingerprint density at radius 2 is 2.32 bits per heavy atom. The van der Waals surface area contributed by atoms with Crippen LogP contribution < -0.4 is 15.8 Å². The highest BCUT2D eigenvalue weighted by Crippen LogP contribution is 2.29. The van der Waals surface area contributed by atoms with Gasteiger partial charge in [0.15, 0.2) is 0 Å². The fraction of sp³-hybridized carbons (Fsp3) is 0.600. The molecule has 1 heterocycles. The van der Waals surface area contributed by atoms with Gasteiger partial charge in [-0.3, -0.25) is 0 Å². The zero-order valence-corrected chi connectivity index (χ0v) is 11.7. The molecule has 1 fully saturated rings. The van der Waals surface area contributed by atoms with E-state index >= 15 is 0 Å². The number of benzene rings is 1. The first-order valence-electron chi connectivity index (χ1n) is 7.18. The van der Waals surface area contributed by atoms with Crippen molar-refractivity contribution in [2.75, 3.05) is 30.8 Å². The lowest BCUT2D eigenvalue weighted by Crippen LogP contribution is -2.27. The van der Waals surface area contributed by atoms with Crippen molar-refractivity contribution in [1.82, 2.24) is 0 Å². The predicted molar refractivity (Wildman–Crippen MR) is 78.7 cm³/mol. The molecule has 0 amide bonds. The molecular weight excluding hydrogens is 240 g/mol. The maximum absolute atomic E-state index is 6.11. The maximum Gasteiger partial charge on any atom is 0.144 e. The third-order valence-electron chi connectivity index (χ3n) is 3.32. The Bertz CT molecular complexity index is 390. The van der Waals surface area contributed by atoms with Crippen molar-refractivity contribution in [2.45, 2.75) is 38.7 Å². The van der Waals surface area contributed by atoms with Crippen LogP contribution in [0.1, 0.15) is 32.6 Å². The number of nitrogen functional groups attached to an aromatic ring is 1. The summed E-state index contributed by atoms with van der Waals surface area (Å²) in [6, 6.07) is 5.86. The standard InChI is InChI=1S/C15H24N2O2/c1-2-9-19-14-8-5-7-13(15(14)16)17-11-12-6-3-4-10-18-12/h5,7-8,12,17H,2-4,6,9-11,16H2,1H3. The normalized spacial score (nSPS) is 19.1. The molecule has 0 aliphatic carbocycles. The van der Waals surface area contributed by atoms with E-state index in [2.05, 4.69) is 12.2 Å². The molecule has 0 radical (unpaired) electrons. The topological polar surface area (TPSA) is 56.5 Å². The van der Waals surface area contributed by atoms with Crippen LogP contribution in [-0.2, 0) is 4.74 Å². The summed E-state index contributed by atoms with van der Waals surface area (Å²) in [5.74, 6) is 0.761. The number of nitrogens with one attached hydrogen (secondary N) is 1. The first-order valence-corrected chi connectivity index (χ1v) is 7.18. The molecule has 2 rings (SSSR count). The molecule has 1 saturated heterocycles. The van der Waals surface area contributed by atoms with Crippen molar-refractivity contribution >= 4 is 11.4 Å². The number of para-hydroxylation sites is 1. The molecular formula is C15H24N2O2. The lowest BCUT2D eigenvalue weighted by atomic mass is 10.1. The zero-order valence-electron chi connectivity index (χ0n) is 11.7. The summed E-state index contributed by atoms with van der Waals surface area (Å²) >= 11 is 0. The van der Waals surface area contributed by atoms with E-state index in [0.717, 1.165) is 37.4 Å². The Morgan fingerprint density at radius 1 is 1.42 bits per heavy atom. The molecule has 1 atom stereocenters. The second kappa shape index (κ2) is 7.24. The van der Waals surface area contributed by atoms with Crippen molar-refractivity contribution in [2.24, 2.45) is 0 Å². The average molecular weight is 264 g/mol. The summed E-state index contributed by atoms with van der Waals surface area (Å²) in [4.78, 5) is 0. The SMILES string of the molecule is CCCOc1cccc(NCC2CCCCO2)c1N. The number of rotatable bonds is 6.